The summed E-state index contributed by atoms with van der Waals surface area (Å²) in [4.78, 5) is 15.5. The molecule has 0 saturated carbocycles. The van der Waals surface area contributed by atoms with Gasteiger partial charge < -0.3 is 0 Å². The third-order valence-corrected chi connectivity index (χ3v) is 2.44. The molecule has 0 bridgehead atoms. The quantitative estimate of drug-likeness (QED) is 0.648. The number of ketones is 1. The summed E-state index contributed by atoms with van der Waals surface area (Å²) in [7, 11) is 0. The molecule has 1 N–H and O–H groups in total. The lowest BCUT2D eigenvalue weighted by molar-refractivity contribution is 0.0981. The molecule has 2 aromatic heterocycles. The highest BCUT2D eigenvalue weighted by Crippen LogP contribution is 2.26. The molecule has 0 spiro atoms. The van der Waals surface area contributed by atoms with E-state index in [-0.39, 0.29) is 5.78 Å². The summed E-state index contributed by atoms with van der Waals surface area (Å²) in [6.07, 6.45) is 4.64. The minimum Gasteiger partial charge on any atom is -0.294 e. The number of aromatic amines is 1. The monoisotopic (exact) mass is 173 g/mol. The number of nitrogens with zero attached hydrogens (tertiary/aromatic N) is 2. The molecule has 2 heterocycles. The van der Waals surface area contributed by atoms with E-state index in [2.05, 4.69) is 15.2 Å². The smallest absolute Gasteiger partial charge is 0.165 e. The summed E-state index contributed by atoms with van der Waals surface area (Å²) in [5.74, 6) is 0.173. The maximum atomic E-state index is 11.5. The average molecular weight is 173 g/mol. The summed E-state index contributed by atoms with van der Waals surface area (Å²) in [6, 6.07) is 0. The van der Waals surface area contributed by atoms with Crippen LogP contribution in [0.25, 0.3) is 10.9 Å². The van der Waals surface area contributed by atoms with E-state index in [1.807, 2.05) is 0 Å². The van der Waals surface area contributed by atoms with Gasteiger partial charge in [0.1, 0.15) is 5.52 Å². The van der Waals surface area contributed by atoms with Gasteiger partial charge in [0.15, 0.2) is 5.78 Å². The third kappa shape index (κ3) is 0.771. The minimum absolute atomic E-state index is 0.173. The van der Waals surface area contributed by atoms with Gasteiger partial charge in [0.2, 0.25) is 0 Å². The number of aryl methyl sites for hydroxylation is 1. The Morgan fingerprint density at radius 1 is 1.31 bits per heavy atom. The number of pyridine rings is 1. The Morgan fingerprint density at radius 3 is 3.15 bits per heavy atom. The van der Waals surface area contributed by atoms with Crippen molar-refractivity contribution in [1.82, 2.24) is 15.2 Å². The molecule has 0 saturated heterocycles. The summed E-state index contributed by atoms with van der Waals surface area (Å²) in [5.41, 5.74) is 2.57. The maximum Gasteiger partial charge on any atom is 0.165 e. The van der Waals surface area contributed by atoms with Crippen LogP contribution in [-0.4, -0.2) is 21.0 Å². The molecule has 0 aliphatic heterocycles. The van der Waals surface area contributed by atoms with Crippen molar-refractivity contribution in [2.45, 2.75) is 12.8 Å². The highest BCUT2D eigenvalue weighted by Gasteiger charge is 2.21. The number of nitrogens with one attached hydrogen (secondary N) is 1. The van der Waals surface area contributed by atoms with Crippen LogP contribution >= 0.6 is 0 Å². The van der Waals surface area contributed by atoms with Gasteiger partial charge in [0.05, 0.1) is 6.20 Å². The van der Waals surface area contributed by atoms with Crippen LogP contribution in [0, 0.1) is 0 Å². The first-order valence-corrected chi connectivity index (χ1v) is 4.20. The number of carbonyl (C=O) groups excluding carboxylic acids is 1. The fraction of sp³-hybridized carbons (Fsp3) is 0.222. The first-order chi connectivity index (χ1) is 6.36. The van der Waals surface area contributed by atoms with Crippen molar-refractivity contribution in [3.8, 4) is 0 Å². The predicted octanol–water partition coefficient (Wildman–Crippen LogP) is 1.09. The molecule has 2 aromatic rings. The molecule has 1 aliphatic carbocycles. The van der Waals surface area contributed by atoms with E-state index in [4.69, 9.17) is 0 Å². The summed E-state index contributed by atoms with van der Waals surface area (Å²) >= 11 is 0. The Labute approximate surface area is 74.0 Å². The van der Waals surface area contributed by atoms with E-state index in [1.54, 1.807) is 12.4 Å². The van der Waals surface area contributed by atoms with Crippen LogP contribution in [-0.2, 0) is 6.42 Å². The molecule has 0 unspecified atom stereocenters. The van der Waals surface area contributed by atoms with Crippen LogP contribution in [0.5, 0.6) is 0 Å². The molecule has 13 heavy (non-hydrogen) atoms. The molecular weight excluding hydrogens is 166 g/mol. The van der Waals surface area contributed by atoms with Gasteiger partial charge in [-0.1, -0.05) is 0 Å². The molecule has 4 nitrogen and oxygen atoms in total. The zero-order chi connectivity index (χ0) is 8.84. The molecule has 0 fully saturated rings. The third-order valence-electron chi connectivity index (χ3n) is 2.44. The second-order valence-electron chi connectivity index (χ2n) is 3.21. The summed E-state index contributed by atoms with van der Waals surface area (Å²) in [5, 5.41) is 7.98. The van der Waals surface area contributed by atoms with Gasteiger partial charge in [-0.2, -0.15) is 5.10 Å². The lowest BCUT2D eigenvalue weighted by Gasteiger charge is -2.08. The predicted molar refractivity (Wildman–Crippen MR) is 46.5 cm³/mol. The lowest BCUT2D eigenvalue weighted by Crippen LogP contribution is -2.08. The van der Waals surface area contributed by atoms with Crippen molar-refractivity contribution >= 4 is 16.7 Å². The molecule has 0 atom stereocenters. The molecule has 1 aliphatic rings. The summed E-state index contributed by atoms with van der Waals surface area (Å²) < 4.78 is 0. The number of Topliss-reactive ketones (excluding diaryl/α,β-unsaturated/α-hetero) is 1. The minimum atomic E-state index is 0.173. The van der Waals surface area contributed by atoms with Crippen LogP contribution in [0.1, 0.15) is 22.5 Å². The van der Waals surface area contributed by atoms with E-state index < -0.39 is 0 Å². The molecular formula is C9H7N3O. The van der Waals surface area contributed by atoms with E-state index in [0.29, 0.717) is 12.0 Å². The number of hydrogen-bond donors (Lipinski definition) is 1. The lowest BCUT2D eigenvalue weighted by atomic mass is 9.96. The highest BCUT2D eigenvalue weighted by molar-refractivity contribution is 6.09. The van der Waals surface area contributed by atoms with Crippen LogP contribution in [0.4, 0.5) is 0 Å². The number of H-pyrrole nitrogens is 1. The number of aromatic nitrogens is 3. The molecule has 4 heteroatoms. The van der Waals surface area contributed by atoms with Crippen LogP contribution in [0.2, 0.25) is 0 Å². The van der Waals surface area contributed by atoms with Gasteiger partial charge in [-0.25, -0.2) is 0 Å². The molecule has 0 amide bonds. The molecule has 0 radical (unpaired) electrons. The van der Waals surface area contributed by atoms with Crippen molar-refractivity contribution in [3.05, 3.63) is 23.7 Å². The number of carbonyl (C=O) groups is 1. The Bertz CT molecular complexity index is 501. The van der Waals surface area contributed by atoms with Gasteiger partial charge in [-0.05, 0) is 6.42 Å². The fourth-order valence-corrected chi connectivity index (χ4v) is 1.80. The second kappa shape index (κ2) is 2.16. The van der Waals surface area contributed by atoms with Crippen LogP contribution in [0.3, 0.4) is 0 Å². The Balaban J connectivity index is 2.52. The molecule has 3 rings (SSSR count). The van der Waals surface area contributed by atoms with Gasteiger partial charge in [0, 0.05) is 29.3 Å². The number of hydrogen-bond acceptors (Lipinski definition) is 3. The van der Waals surface area contributed by atoms with Gasteiger partial charge in [-0.15, -0.1) is 0 Å². The summed E-state index contributed by atoms with van der Waals surface area (Å²) in [6.45, 7) is 0. The van der Waals surface area contributed by atoms with E-state index in [9.17, 15) is 4.79 Å². The van der Waals surface area contributed by atoms with Crippen molar-refractivity contribution in [2.24, 2.45) is 0 Å². The van der Waals surface area contributed by atoms with Crippen molar-refractivity contribution in [3.63, 3.8) is 0 Å². The van der Waals surface area contributed by atoms with Crippen molar-refractivity contribution < 1.29 is 4.79 Å². The molecule has 0 aromatic carbocycles. The Morgan fingerprint density at radius 2 is 2.23 bits per heavy atom. The highest BCUT2D eigenvalue weighted by atomic mass is 16.1. The van der Waals surface area contributed by atoms with Gasteiger partial charge in [-0.3, -0.25) is 14.9 Å². The zero-order valence-corrected chi connectivity index (χ0v) is 6.87. The Kier molecular flexibility index (Phi) is 1.12. The maximum absolute atomic E-state index is 11.5. The average Bonchev–Trinajstić information content (AvgIpc) is 2.57. The Hall–Kier alpha value is -1.71. The largest absolute Gasteiger partial charge is 0.294 e. The first kappa shape index (κ1) is 6.77. The van der Waals surface area contributed by atoms with Crippen LogP contribution < -0.4 is 0 Å². The second-order valence-corrected chi connectivity index (χ2v) is 3.21. The van der Waals surface area contributed by atoms with Crippen molar-refractivity contribution in [1.29, 1.82) is 0 Å². The SMILES string of the molecule is O=C1CCc2[nH]nc3cncc1c23. The topological polar surface area (TPSA) is 58.6 Å². The van der Waals surface area contributed by atoms with E-state index >= 15 is 0 Å². The fourth-order valence-electron chi connectivity index (χ4n) is 1.80. The zero-order valence-electron chi connectivity index (χ0n) is 6.87. The normalized spacial score (nSPS) is 15.2. The van der Waals surface area contributed by atoms with Crippen molar-refractivity contribution in [2.75, 3.05) is 0 Å². The first-order valence-electron chi connectivity index (χ1n) is 4.20. The standard InChI is InChI=1S/C9H7N3O/c13-8-2-1-6-9-5(8)3-10-4-7(9)12-11-6/h3-4H,1-2H2,(H,11,12). The van der Waals surface area contributed by atoms with E-state index in [1.165, 1.54) is 0 Å². The van der Waals surface area contributed by atoms with E-state index in [0.717, 1.165) is 23.0 Å². The van der Waals surface area contributed by atoms with Crippen LogP contribution in [0.15, 0.2) is 12.4 Å². The number of rotatable bonds is 0. The van der Waals surface area contributed by atoms with Gasteiger partial charge in [0.25, 0.3) is 0 Å². The molecule has 64 valence electrons. The van der Waals surface area contributed by atoms with Gasteiger partial charge >= 0.3 is 0 Å².